The fourth-order valence-electron chi connectivity index (χ4n) is 2.57. The molecule has 6 nitrogen and oxygen atoms in total. The van der Waals surface area contributed by atoms with Crippen LogP contribution < -0.4 is 10.5 Å². The van der Waals surface area contributed by atoms with Crippen LogP contribution in [0, 0.1) is 6.92 Å². The Morgan fingerprint density at radius 2 is 2.10 bits per heavy atom. The van der Waals surface area contributed by atoms with Crippen LogP contribution in [0.25, 0.3) is 0 Å². The zero-order valence-corrected chi connectivity index (χ0v) is 13.6. The zero-order valence-electron chi connectivity index (χ0n) is 12.8. The van der Waals surface area contributed by atoms with Crippen LogP contribution in [0.4, 0.5) is 5.69 Å². The largest absolute Gasteiger partial charge is 0.495 e. The number of nitrogen functional groups attached to an aromatic ring is 1. The van der Waals surface area contributed by atoms with Gasteiger partial charge in [-0.05, 0) is 38.0 Å². The van der Waals surface area contributed by atoms with Crippen molar-refractivity contribution in [2.45, 2.75) is 37.3 Å². The van der Waals surface area contributed by atoms with Gasteiger partial charge < -0.3 is 15.2 Å². The van der Waals surface area contributed by atoms with Crippen molar-refractivity contribution in [1.29, 1.82) is 0 Å². The second-order valence-electron chi connectivity index (χ2n) is 5.31. The van der Waals surface area contributed by atoms with Crippen molar-refractivity contribution in [2.75, 3.05) is 26.5 Å². The summed E-state index contributed by atoms with van der Waals surface area (Å²) in [5, 5.41) is 0. The third-order valence-electron chi connectivity index (χ3n) is 4.01. The van der Waals surface area contributed by atoms with Gasteiger partial charge in [-0.15, -0.1) is 0 Å². The molecule has 2 atom stereocenters. The summed E-state index contributed by atoms with van der Waals surface area (Å²) in [4.78, 5) is 0.0923. The Morgan fingerprint density at radius 3 is 2.62 bits per heavy atom. The van der Waals surface area contributed by atoms with E-state index in [1.54, 1.807) is 13.1 Å². The van der Waals surface area contributed by atoms with Gasteiger partial charge in [-0.3, -0.25) is 0 Å². The molecule has 2 rings (SSSR count). The molecule has 1 aliphatic rings. The van der Waals surface area contributed by atoms with E-state index in [2.05, 4.69) is 0 Å². The lowest BCUT2D eigenvalue weighted by Gasteiger charge is -2.27. The highest BCUT2D eigenvalue weighted by atomic mass is 32.2. The van der Waals surface area contributed by atoms with Crippen molar-refractivity contribution >= 4 is 15.7 Å². The Hall–Kier alpha value is -1.31. The van der Waals surface area contributed by atoms with Gasteiger partial charge in [-0.2, -0.15) is 4.31 Å². The third-order valence-corrected chi connectivity index (χ3v) is 5.92. The first-order valence-electron chi connectivity index (χ1n) is 6.82. The van der Waals surface area contributed by atoms with Crippen LogP contribution in [0.1, 0.15) is 18.9 Å². The van der Waals surface area contributed by atoms with Gasteiger partial charge >= 0.3 is 0 Å². The van der Waals surface area contributed by atoms with Crippen molar-refractivity contribution in [3.8, 4) is 5.75 Å². The van der Waals surface area contributed by atoms with E-state index in [1.165, 1.54) is 17.5 Å². The number of nitrogens with zero attached hydrogens (tertiary/aromatic N) is 1. The molecule has 0 amide bonds. The Kier molecular flexibility index (Phi) is 4.46. The number of methoxy groups -OCH3 is 1. The van der Waals surface area contributed by atoms with E-state index in [1.807, 2.05) is 13.8 Å². The van der Waals surface area contributed by atoms with Gasteiger partial charge in [0.25, 0.3) is 0 Å². The molecule has 118 valence electrons. The highest BCUT2D eigenvalue weighted by molar-refractivity contribution is 7.89. The summed E-state index contributed by atoms with van der Waals surface area (Å²) in [6.45, 7) is 4.26. The molecule has 1 fully saturated rings. The average molecular weight is 314 g/mol. The molecule has 1 saturated heterocycles. The van der Waals surface area contributed by atoms with Gasteiger partial charge in [0.15, 0.2) is 0 Å². The SMILES string of the molecule is COc1cc(C)c(N)cc1S(=O)(=O)N(C)C1CCOC1C. The Balaban J connectivity index is 2.46. The van der Waals surface area contributed by atoms with Crippen molar-refractivity contribution in [1.82, 2.24) is 4.31 Å². The molecule has 0 bridgehead atoms. The number of aryl methyl sites for hydroxylation is 1. The number of rotatable bonds is 4. The molecule has 0 spiro atoms. The summed E-state index contributed by atoms with van der Waals surface area (Å²) in [7, 11) is -0.669. The predicted octanol–water partition coefficient (Wildman–Crippen LogP) is 1.38. The number of likely N-dealkylation sites (N-methyl/N-ethyl adjacent to an activating group) is 1. The number of benzene rings is 1. The minimum atomic E-state index is -3.69. The van der Waals surface area contributed by atoms with Crippen LogP contribution in [0.15, 0.2) is 17.0 Å². The fraction of sp³-hybridized carbons (Fsp3) is 0.571. The first-order valence-corrected chi connectivity index (χ1v) is 8.26. The summed E-state index contributed by atoms with van der Waals surface area (Å²) >= 11 is 0. The van der Waals surface area contributed by atoms with Gasteiger partial charge in [0.1, 0.15) is 10.6 Å². The highest BCUT2D eigenvalue weighted by Gasteiger charge is 2.36. The van der Waals surface area contributed by atoms with Gasteiger partial charge in [-0.1, -0.05) is 0 Å². The van der Waals surface area contributed by atoms with Crippen LogP contribution in [0.5, 0.6) is 5.75 Å². The van der Waals surface area contributed by atoms with E-state index in [0.29, 0.717) is 24.5 Å². The molecule has 21 heavy (non-hydrogen) atoms. The first kappa shape index (κ1) is 16.1. The van der Waals surface area contributed by atoms with Crippen molar-refractivity contribution < 1.29 is 17.9 Å². The molecular formula is C14H22N2O4S. The zero-order chi connectivity index (χ0) is 15.8. The van der Waals surface area contributed by atoms with Gasteiger partial charge in [0.05, 0.1) is 19.3 Å². The maximum atomic E-state index is 12.8. The lowest BCUT2D eigenvalue weighted by Crippen LogP contribution is -2.41. The number of anilines is 1. The summed E-state index contributed by atoms with van der Waals surface area (Å²) in [5.41, 5.74) is 7.07. The minimum Gasteiger partial charge on any atom is -0.495 e. The molecule has 2 unspecified atom stereocenters. The topological polar surface area (TPSA) is 81.9 Å². The van der Waals surface area contributed by atoms with E-state index in [4.69, 9.17) is 15.2 Å². The third kappa shape index (κ3) is 2.86. The number of nitrogens with two attached hydrogens (primary N) is 1. The summed E-state index contributed by atoms with van der Waals surface area (Å²) < 4.78 is 37.7. The second kappa shape index (κ2) is 5.82. The number of hydrogen-bond donors (Lipinski definition) is 1. The first-order chi connectivity index (χ1) is 9.78. The van der Waals surface area contributed by atoms with Crippen LogP contribution in [-0.2, 0) is 14.8 Å². The standard InChI is InChI=1S/C14H22N2O4S/c1-9-7-13(19-4)14(8-11(9)15)21(17,18)16(3)12-5-6-20-10(12)2/h7-8,10,12H,5-6,15H2,1-4H3. The molecule has 1 aliphatic heterocycles. The van der Waals surface area contributed by atoms with E-state index >= 15 is 0 Å². The highest BCUT2D eigenvalue weighted by Crippen LogP contribution is 2.33. The molecule has 2 N–H and O–H groups in total. The normalized spacial score (nSPS) is 22.7. The average Bonchev–Trinajstić information content (AvgIpc) is 2.86. The summed E-state index contributed by atoms with van der Waals surface area (Å²) in [6.07, 6.45) is 0.555. The molecule has 1 aromatic carbocycles. The smallest absolute Gasteiger partial charge is 0.246 e. The van der Waals surface area contributed by atoms with Gasteiger partial charge in [-0.25, -0.2) is 8.42 Å². The van der Waals surface area contributed by atoms with E-state index in [-0.39, 0.29) is 17.0 Å². The van der Waals surface area contributed by atoms with Crippen molar-refractivity contribution in [2.24, 2.45) is 0 Å². The Bertz CT molecular complexity index is 630. The van der Waals surface area contributed by atoms with Crippen LogP contribution >= 0.6 is 0 Å². The molecule has 1 aromatic rings. The maximum Gasteiger partial charge on any atom is 0.246 e. The van der Waals surface area contributed by atoms with Crippen LogP contribution in [-0.4, -0.2) is 45.6 Å². The second-order valence-corrected chi connectivity index (χ2v) is 7.28. The molecule has 7 heteroatoms. The molecule has 0 saturated carbocycles. The van der Waals surface area contributed by atoms with Crippen LogP contribution in [0.3, 0.4) is 0 Å². The van der Waals surface area contributed by atoms with Crippen molar-refractivity contribution in [3.05, 3.63) is 17.7 Å². The number of sulfonamides is 1. The lowest BCUT2D eigenvalue weighted by molar-refractivity contribution is 0.102. The molecule has 0 aliphatic carbocycles. The van der Waals surface area contributed by atoms with Crippen molar-refractivity contribution in [3.63, 3.8) is 0 Å². The quantitative estimate of drug-likeness (QED) is 0.849. The minimum absolute atomic E-state index is 0.0923. The fourth-order valence-corrected chi connectivity index (χ4v) is 4.19. The molecular weight excluding hydrogens is 292 g/mol. The Labute approximate surface area is 125 Å². The summed E-state index contributed by atoms with van der Waals surface area (Å²) in [5.74, 6) is 0.306. The predicted molar refractivity (Wildman–Crippen MR) is 80.9 cm³/mol. The summed E-state index contributed by atoms with van der Waals surface area (Å²) in [6, 6.07) is 2.92. The number of hydrogen-bond acceptors (Lipinski definition) is 5. The monoisotopic (exact) mass is 314 g/mol. The van der Waals surface area contributed by atoms with E-state index in [0.717, 1.165) is 5.56 Å². The Morgan fingerprint density at radius 1 is 1.43 bits per heavy atom. The van der Waals surface area contributed by atoms with Gasteiger partial charge in [0.2, 0.25) is 10.0 Å². The molecule has 0 radical (unpaired) electrons. The van der Waals surface area contributed by atoms with E-state index in [9.17, 15) is 8.42 Å². The number of ether oxygens (including phenoxy) is 2. The van der Waals surface area contributed by atoms with E-state index < -0.39 is 10.0 Å². The lowest BCUT2D eigenvalue weighted by atomic mass is 10.2. The molecule has 0 aromatic heterocycles. The van der Waals surface area contributed by atoms with Crippen LogP contribution in [0.2, 0.25) is 0 Å². The maximum absolute atomic E-state index is 12.8. The van der Waals surface area contributed by atoms with Gasteiger partial charge in [0, 0.05) is 19.3 Å². The molecule has 1 heterocycles.